The number of hydrogen-bond donors (Lipinski definition) is 2. The number of carbonyl (C=O) groups excluding carboxylic acids is 1. The number of rotatable bonds is 5. The highest BCUT2D eigenvalue weighted by Gasteiger charge is 2.13. The quantitative estimate of drug-likeness (QED) is 0.806. The molecular weight excluding hydrogens is 318 g/mol. The third-order valence-electron chi connectivity index (χ3n) is 2.40. The normalized spacial score (nSPS) is 12.2. The maximum Gasteiger partial charge on any atom is 0.252 e. The van der Waals surface area contributed by atoms with E-state index in [0.29, 0.717) is 10.5 Å². The number of hydrogen-bond acceptors (Lipinski definition) is 3. The minimum atomic E-state index is -0.0524. The summed E-state index contributed by atoms with van der Waals surface area (Å²) < 4.78 is 0.926. The van der Waals surface area contributed by atoms with Gasteiger partial charge < -0.3 is 5.32 Å². The second-order valence-corrected chi connectivity index (χ2v) is 6.00. The molecule has 1 unspecified atom stereocenters. The Morgan fingerprint density at radius 1 is 1.59 bits per heavy atom. The Morgan fingerprint density at radius 3 is 2.82 bits per heavy atom. The summed E-state index contributed by atoms with van der Waals surface area (Å²) in [5.41, 5.74) is 0.621. The first-order chi connectivity index (χ1) is 8.08. The minimum absolute atomic E-state index is 0.0524. The highest BCUT2D eigenvalue weighted by atomic mass is 79.9. The van der Waals surface area contributed by atoms with Gasteiger partial charge in [-0.25, -0.2) is 0 Å². The standard InChI is InChI=1S/C12H16BrNOS2/c1-3-9(7-17-2)14-12(15)10-5-4-8(13)6-11(10)16/h4-6,9,16H,3,7H2,1-2H3,(H,14,15). The van der Waals surface area contributed by atoms with Crippen molar-refractivity contribution in [3.63, 3.8) is 0 Å². The average molecular weight is 334 g/mol. The SMILES string of the molecule is CCC(CSC)NC(=O)c1ccc(Br)cc1S. The van der Waals surface area contributed by atoms with E-state index in [1.165, 1.54) is 0 Å². The highest BCUT2D eigenvalue weighted by Crippen LogP contribution is 2.20. The number of nitrogens with one attached hydrogen (secondary N) is 1. The number of halogens is 1. The van der Waals surface area contributed by atoms with Gasteiger partial charge in [0, 0.05) is 21.2 Å². The number of benzene rings is 1. The second-order valence-electron chi connectivity index (χ2n) is 3.70. The van der Waals surface area contributed by atoms with E-state index >= 15 is 0 Å². The predicted octanol–water partition coefficient (Wildman–Crippen LogP) is 3.61. The third-order valence-corrected chi connectivity index (χ3v) is 4.00. The lowest BCUT2D eigenvalue weighted by molar-refractivity contribution is 0.0937. The average Bonchev–Trinajstić information content (AvgIpc) is 2.28. The molecule has 1 amide bonds. The Labute approximate surface area is 120 Å². The van der Waals surface area contributed by atoms with Crippen molar-refractivity contribution in [1.29, 1.82) is 0 Å². The molecule has 0 aliphatic rings. The van der Waals surface area contributed by atoms with Crippen molar-refractivity contribution in [3.05, 3.63) is 28.2 Å². The van der Waals surface area contributed by atoms with Crippen molar-refractivity contribution in [2.45, 2.75) is 24.3 Å². The van der Waals surface area contributed by atoms with E-state index in [0.717, 1.165) is 16.6 Å². The fourth-order valence-corrected chi connectivity index (χ4v) is 3.00. The van der Waals surface area contributed by atoms with Gasteiger partial charge in [0.2, 0.25) is 0 Å². The van der Waals surface area contributed by atoms with Crippen molar-refractivity contribution >= 4 is 46.2 Å². The van der Waals surface area contributed by atoms with Crippen LogP contribution in [0, 0.1) is 0 Å². The maximum atomic E-state index is 12.0. The molecule has 0 aliphatic heterocycles. The summed E-state index contributed by atoms with van der Waals surface area (Å²) >= 11 is 9.40. The van der Waals surface area contributed by atoms with Crippen LogP contribution >= 0.6 is 40.3 Å². The van der Waals surface area contributed by atoms with Crippen LogP contribution in [0.25, 0.3) is 0 Å². The van der Waals surface area contributed by atoms with Gasteiger partial charge in [0.1, 0.15) is 0 Å². The Kier molecular flexibility index (Phi) is 6.44. The molecule has 0 saturated carbocycles. The molecule has 0 heterocycles. The fourth-order valence-electron chi connectivity index (χ4n) is 1.42. The van der Waals surface area contributed by atoms with E-state index in [2.05, 4.69) is 40.8 Å². The molecule has 1 aromatic rings. The Balaban J connectivity index is 2.75. The first-order valence-corrected chi connectivity index (χ1v) is 8.00. The van der Waals surface area contributed by atoms with Crippen LogP contribution in [-0.4, -0.2) is 24.0 Å². The zero-order valence-corrected chi connectivity index (χ0v) is 13.2. The topological polar surface area (TPSA) is 29.1 Å². The van der Waals surface area contributed by atoms with E-state index in [4.69, 9.17) is 0 Å². The molecule has 0 saturated heterocycles. The lowest BCUT2D eigenvalue weighted by Crippen LogP contribution is -2.36. The van der Waals surface area contributed by atoms with Crippen LogP contribution in [0.2, 0.25) is 0 Å². The summed E-state index contributed by atoms with van der Waals surface area (Å²) in [6, 6.07) is 5.68. The van der Waals surface area contributed by atoms with Gasteiger partial charge in [-0.2, -0.15) is 11.8 Å². The van der Waals surface area contributed by atoms with Gasteiger partial charge in [-0.1, -0.05) is 22.9 Å². The molecule has 5 heteroatoms. The van der Waals surface area contributed by atoms with Crippen molar-refractivity contribution in [3.8, 4) is 0 Å². The fraction of sp³-hybridized carbons (Fsp3) is 0.417. The van der Waals surface area contributed by atoms with E-state index < -0.39 is 0 Å². The van der Waals surface area contributed by atoms with Crippen molar-refractivity contribution in [2.75, 3.05) is 12.0 Å². The minimum Gasteiger partial charge on any atom is -0.348 e. The Bertz CT molecular complexity index is 398. The highest BCUT2D eigenvalue weighted by molar-refractivity contribution is 9.10. The van der Waals surface area contributed by atoms with Crippen LogP contribution in [0.4, 0.5) is 0 Å². The predicted molar refractivity (Wildman–Crippen MR) is 81.3 cm³/mol. The van der Waals surface area contributed by atoms with Crippen molar-refractivity contribution in [2.24, 2.45) is 0 Å². The van der Waals surface area contributed by atoms with E-state index in [-0.39, 0.29) is 11.9 Å². The number of amides is 1. The molecule has 1 atom stereocenters. The monoisotopic (exact) mass is 333 g/mol. The summed E-state index contributed by atoms with van der Waals surface area (Å²) in [6.07, 6.45) is 2.98. The Morgan fingerprint density at radius 2 is 2.29 bits per heavy atom. The van der Waals surface area contributed by atoms with Crippen LogP contribution in [0.5, 0.6) is 0 Å². The molecule has 2 nitrogen and oxygen atoms in total. The lowest BCUT2D eigenvalue weighted by atomic mass is 10.2. The summed E-state index contributed by atoms with van der Waals surface area (Å²) in [5, 5.41) is 3.02. The molecule has 1 rings (SSSR count). The first kappa shape index (κ1) is 14.9. The zero-order valence-electron chi connectivity index (χ0n) is 9.87. The van der Waals surface area contributed by atoms with Gasteiger partial charge in [-0.05, 0) is 30.9 Å². The largest absolute Gasteiger partial charge is 0.348 e. The van der Waals surface area contributed by atoms with E-state index in [1.54, 1.807) is 17.8 Å². The van der Waals surface area contributed by atoms with Crippen LogP contribution in [0.1, 0.15) is 23.7 Å². The first-order valence-electron chi connectivity index (χ1n) is 5.36. The molecule has 17 heavy (non-hydrogen) atoms. The smallest absolute Gasteiger partial charge is 0.252 e. The van der Waals surface area contributed by atoms with Crippen LogP contribution in [0.15, 0.2) is 27.6 Å². The van der Waals surface area contributed by atoms with Gasteiger partial charge in [0.25, 0.3) is 5.91 Å². The molecule has 94 valence electrons. The summed E-state index contributed by atoms with van der Waals surface area (Å²) in [7, 11) is 0. The third kappa shape index (κ3) is 4.56. The van der Waals surface area contributed by atoms with Crippen molar-refractivity contribution < 1.29 is 4.79 Å². The second kappa shape index (κ2) is 7.34. The Hall–Kier alpha value is -0.130. The molecule has 0 fully saturated rings. The molecule has 0 spiro atoms. The molecule has 0 radical (unpaired) electrons. The molecule has 0 aliphatic carbocycles. The van der Waals surface area contributed by atoms with Crippen LogP contribution < -0.4 is 5.32 Å². The van der Waals surface area contributed by atoms with Gasteiger partial charge in [0.15, 0.2) is 0 Å². The van der Waals surface area contributed by atoms with Gasteiger partial charge in [0.05, 0.1) is 5.56 Å². The van der Waals surface area contributed by atoms with E-state index in [9.17, 15) is 4.79 Å². The lowest BCUT2D eigenvalue weighted by Gasteiger charge is -2.16. The number of carbonyl (C=O) groups is 1. The molecule has 1 N–H and O–H groups in total. The van der Waals surface area contributed by atoms with E-state index in [1.807, 2.05) is 18.4 Å². The molecule has 0 aromatic heterocycles. The van der Waals surface area contributed by atoms with Gasteiger partial charge >= 0.3 is 0 Å². The summed E-state index contributed by atoms with van der Waals surface area (Å²) in [5.74, 6) is 0.879. The van der Waals surface area contributed by atoms with Crippen molar-refractivity contribution in [1.82, 2.24) is 5.32 Å². The number of thioether (sulfide) groups is 1. The zero-order chi connectivity index (χ0) is 12.8. The summed E-state index contributed by atoms with van der Waals surface area (Å²) in [6.45, 7) is 2.07. The molecule has 0 bridgehead atoms. The van der Waals surface area contributed by atoms with Crippen LogP contribution in [-0.2, 0) is 0 Å². The van der Waals surface area contributed by atoms with Gasteiger partial charge in [-0.15, -0.1) is 12.6 Å². The molecule has 1 aromatic carbocycles. The molecular formula is C12H16BrNOS2. The summed E-state index contributed by atoms with van der Waals surface area (Å²) in [4.78, 5) is 12.7. The van der Waals surface area contributed by atoms with Gasteiger partial charge in [-0.3, -0.25) is 4.79 Å². The van der Waals surface area contributed by atoms with Crippen LogP contribution in [0.3, 0.4) is 0 Å². The maximum absolute atomic E-state index is 12.0. The number of thiol groups is 1.